The van der Waals surface area contributed by atoms with E-state index < -0.39 is 7.60 Å². The molecule has 0 aromatic carbocycles. The van der Waals surface area contributed by atoms with Crippen molar-refractivity contribution in [3.8, 4) is 0 Å². The zero-order valence-electron chi connectivity index (χ0n) is 10.3. The molecule has 0 aliphatic rings. The number of hydrogen-bond acceptors (Lipinski definition) is 3. The Morgan fingerprint density at radius 3 is 1.69 bits per heavy atom. The quantitative estimate of drug-likeness (QED) is 0.479. The van der Waals surface area contributed by atoms with Crippen LogP contribution in [-0.2, 0) is 13.6 Å². The van der Waals surface area contributed by atoms with Crippen molar-refractivity contribution in [1.29, 1.82) is 0 Å². The average Bonchev–Trinajstić information content (AvgIpc) is 2.27. The van der Waals surface area contributed by atoms with Gasteiger partial charge in [-0.1, -0.05) is 36.5 Å². The molecular weight excluding hydrogens is 223 g/mol. The van der Waals surface area contributed by atoms with E-state index in [1.54, 1.807) is 18.2 Å². The lowest BCUT2D eigenvalue weighted by Crippen LogP contribution is -1.99. The molecule has 0 aliphatic carbocycles. The van der Waals surface area contributed by atoms with Gasteiger partial charge >= 0.3 is 7.60 Å². The molecule has 0 atom stereocenters. The van der Waals surface area contributed by atoms with E-state index in [1.807, 2.05) is 39.0 Å². The lowest BCUT2D eigenvalue weighted by atomic mass is 10.6. The van der Waals surface area contributed by atoms with E-state index in [0.29, 0.717) is 19.4 Å². The van der Waals surface area contributed by atoms with Crippen LogP contribution in [0.2, 0.25) is 0 Å². The molecule has 0 rings (SSSR count). The first-order chi connectivity index (χ1) is 7.68. The van der Waals surface area contributed by atoms with Gasteiger partial charge in [0, 0.05) is 0 Å². The second kappa shape index (κ2) is 9.59. The van der Waals surface area contributed by atoms with E-state index in [1.165, 1.54) is 0 Å². The molecule has 0 saturated heterocycles. The van der Waals surface area contributed by atoms with Crippen LogP contribution in [0.3, 0.4) is 0 Å². The van der Waals surface area contributed by atoms with Gasteiger partial charge in [0.15, 0.2) is 0 Å². The highest BCUT2D eigenvalue weighted by molar-refractivity contribution is 7.54. The van der Waals surface area contributed by atoms with E-state index in [4.69, 9.17) is 9.05 Å². The highest BCUT2D eigenvalue weighted by Gasteiger charge is 2.21. The minimum Gasteiger partial charge on any atom is -0.304 e. The maximum absolute atomic E-state index is 12.2. The molecule has 0 aromatic rings. The summed E-state index contributed by atoms with van der Waals surface area (Å²) < 4.78 is 22.7. The van der Waals surface area contributed by atoms with Crippen LogP contribution in [0.5, 0.6) is 0 Å². The Kier molecular flexibility index (Phi) is 9.21. The summed E-state index contributed by atoms with van der Waals surface area (Å²) in [5.41, 5.74) is 0. The van der Waals surface area contributed by atoms with Crippen LogP contribution in [0.25, 0.3) is 0 Å². The first-order valence-electron chi connectivity index (χ1n) is 5.40. The van der Waals surface area contributed by atoms with Crippen molar-refractivity contribution in [2.24, 2.45) is 0 Å². The van der Waals surface area contributed by atoms with Crippen molar-refractivity contribution in [2.45, 2.75) is 20.8 Å². The molecule has 0 amide bonds. The monoisotopic (exact) mass is 244 g/mol. The molecule has 0 unspecified atom stereocenters. The zero-order chi connectivity index (χ0) is 12.3. The fourth-order valence-electron chi connectivity index (χ4n) is 0.883. The molecular formula is C12H21O3P. The van der Waals surface area contributed by atoms with Gasteiger partial charge in [-0.05, 0) is 20.8 Å². The summed E-state index contributed by atoms with van der Waals surface area (Å²) in [7, 11) is -2.98. The fraction of sp³-hybridized carbons (Fsp3) is 0.500. The van der Waals surface area contributed by atoms with Crippen molar-refractivity contribution < 1.29 is 13.6 Å². The van der Waals surface area contributed by atoms with E-state index >= 15 is 0 Å². The Morgan fingerprint density at radius 1 is 0.875 bits per heavy atom. The molecule has 0 heterocycles. The van der Waals surface area contributed by atoms with Gasteiger partial charge in [0.25, 0.3) is 0 Å². The second-order valence-electron chi connectivity index (χ2n) is 3.09. The van der Waals surface area contributed by atoms with E-state index in [9.17, 15) is 4.57 Å². The van der Waals surface area contributed by atoms with Crippen molar-refractivity contribution >= 4 is 7.60 Å². The predicted molar refractivity (Wildman–Crippen MR) is 68.8 cm³/mol. The van der Waals surface area contributed by atoms with Crippen LogP contribution >= 0.6 is 7.60 Å². The Hall–Kier alpha value is -0.630. The molecule has 0 N–H and O–H groups in total. The van der Waals surface area contributed by atoms with Gasteiger partial charge in [-0.2, -0.15) is 0 Å². The Bertz CT molecular complexity index is 273. The standard InChI is InChI=1S/C12H21O3P/c1-4-7-10-14-16(13,12-9-6-3)15-11-8-5-2/h4-9H,10-12H2,1-3H3/b7-4+,8-5+,9-6+. The molecule has 3 nitrogen and oxygen atoms in total. The van der Waals surface area contributed by atoms with Gasteiger partial charge in [0.05, 0.1) is 19.4 Å². The number of hydrogen-bond donors (Lipinski definition) is 0. The van der Waals surface area contributed by atoms with E-state index in [2.05, 4.69) is 0 Å². The van der Waals surface area contributed by atoms with E-state index in [0.717, 1.165) is 0 Å². The summed E-state index contributed by atoms with van der Waals surface area (Å²) >= 11 is 0. The van der Waals surface area contributed by atoms with Crippen LogP contribution in [-0.4, -0.2) is 19.4 Å². The predicted octanol–water partition coefficient (Wildman–Crippen LogP) is 3.94. The van der Waals surface area contributed by atoms with Crippen LogP contribution in [0.15, 0.2) is 36.5 Å². The minimum absolute atomic E-state index is 0.318. The summed E-state index contributed by atoms with van der Waals surface area (Å²) in [6.45, 7) is 6.30. The third-order valence-corrected chi connectivity index (χ3v) is 3.51. The summed E-state index contributed by atoms with van der Waals surface area (Å²) in [6, 6.07) is 0. The molecule has 0 spiro atoms. The Morgan fingerprint density at radius 2 is 1.31 bits per heavy atom. The van der Waals surface area contributed by atoms with Gasteiger partial charge in [0.2, 0.25) is 0 Å². The van der Waals surface area contributed by atoms with Crippen LogP contribution in [0.1, 0.15) is 20.8 Å². The smallest absolute Gasteiger partial charge is 0.304 e. The lowest BCUT2D eigenvalue weighted by molar-refractivity contribution is 0.239. The summed E-state index contributed by atoms with van der Waals surface area (Å²) in [5, 5.41) is 0. The van der Waals surface area contributed by atoms with Crippen LogP contribution in [0.4, 0.5) is 0 Å². The number of allylic oxidation sites excluding steroid dienone is 4. The zero-order valence-corrected chi connectivity index (χ0v) is 11.2. The third kappa shape index (κ3) is 7.63. The highest BCUT2D eigenvalue weighted by Crippen LogP contribution is 2.48. The average molecular weight is 244 g/mol. The second-order valence-corrected chi connectivity index (χ2v) is 5.20. The van der Waals surface area contributed by atoms with E-state index in [-0.39, 0.29) is 0 Å². The molecule has 0 aromatic heterocycles. The molecule has 16 heavy (non-hydrogen) atoms. The van der Waals surface area contributed by atoms with Gasteiger partial charge < -0.3 is 9.05 Å². The molecule has 92 valence electrons. The summed E-state index contributed by atoms with van der Waals surface area (Å²) in [4.78, 5) is 0. The molecule has 0 fully saturated rings. The van der Waals surface area contributed by atoms with Crippen molar-refractivity contribution in [3.63, 3.8) is 0 Å². The van der Waals surface area contributed by atoms with Gasteiger partial charge in [-0.3, -0.25) is 4.57 Å². The molecule has 0 bridgehead atoms. The number of rotatable bonds is 8. The minimum atomic E-state index is -2.98. The first-order valence-corrected chi connectivity index (χ1v) is 7.13. The Balaban J connectivity index is 4.29. The highest BCUT2D eigenvalue weighted by atomic mass is 31.2. The van der Waals surface area contributed by atoms with Crippen LogP contribution in [0, 0.1) is 0 Å². The topological polar surface area (TPSA) is 35.5 Å². The maximum atomic E-state index is 12.2. The normalized spacial score (nSPS) is 13.4. The SMILES string of the molecule is C/C=C/COP(=O)(C/C=C/C)OC/C=C/C. The summed E-state index contributed by atoms with van der Waals surface area (Å²) in [5.74, 6) is 0. The van der Waals surface area contributed by atoms with Crippen molar-refractivity contribution in [2.75, 3.05) is 19.4 Å². The molecule has 0 aliphatic heterocycles. The molecule has 4 heteroatoms. The van der Waals surface area contributed by atoms with Gasteiger partial charge in [0.1, 0.15) is 0 Å². The van der Waals surface area contributed by atoms with Crippen molar-refractivity contribution in [1.82, 2.24) is 0 Å². The Labute approximate surface area is 98.4 Å². The molecule has 0 saturated carbocycles. The van der Waals surface area contributed by atoms with Crippen LogP contribution < -0.4 is 0 Å². The summed E-state index contributed by atoms with van der Waals surface area (Å²) in [6.07, 6.45) is 11.3. The first kappa shape index (κ1) is 15.4. The lowest BCUT2D eigenvalue weighted by Gasteiger charge is -2.15. The maximum Gasteiger partial charge on any atom is 0.335 e. The fourth-order valence-corrected chi connectivity index (χ4v) is 2.26. The largest absolute Gasteiger partial charge is 0.335 e. The van der Waals surface area contributed by atoms with Gasteiger partial charge in [-0.15, -0.1) is 0 Å². The van der Waals surface area contributed by atoms with Gasteiger partial charge in [-0.25, -0.2) is 0 Å². The van der Waals surface area contributed by atoms with Crippen molar-refractivity contribution in [3.05, 3.63) is 36.5 Å². The third-order valence-electron chi connectivity index (χ3n) is 1.77. The molecule has 0 radical (unpaired) electrons.